The molecule has 0 radical (unpaired) electrons. The number of nitrogens with one attached hydrogen (secondary N) is 1. The van der Waals surface area contributed by atoms with Crippen LogP contribution in [0.15, 0.2) is 35.3 Å². The minimum atomic E-state index is -1.40. The topological polar surface area (TPSA) is 101 Å². The Morgan fingerprint density at radius 3 is 2.52 bits per heavy atom. The Balaban J connectivity index is 2.10. The molecule has 1 aliphatic rings. The van der Waals surface area contributed by atoms with Crippen molar-refractivity contribution >= 4 is 22.6 Å². The fraction of sp³-hybridized carbons (Fsp3) is 0.200. The van der Waals surface area contributed by atoms with E-state index in [0.717, 1.165) is 25.0 Å². The first-order valence-corrected chi connectivity index (χ1v) is 8.76. The summed E-state index contributed by atoms with van der Waals surface area (Å²) in [5.74, 6) is -3.07. The predicted octanol–water partition coefficient (Wildman–Crippen LogP) is 3.79. The quantitative estimate of drug-likeness (QED) is 0.562. The molecule has 29 heavy (non-hydrogen) atoms. The highest BCUT2D eigenvalue weighted by Crippen LogP contribution is 2.44. The van der Waals surface area contributed by atoms with Crippen molar-refractivity contribution in [3.8, 4) is 16.9 Å². The standard InChI is InChI=1S/C20H16F2N2O5/c1-29-19-16(9-2-5-15(23-28)13(21)6-9)14(22)7-11-17(19)24(10-3-4-10)8-12(18(11)25)20(26)27/h2,5-8,10,23,28H,3-4H2,1H3,(H,26,27). The van der Waals surface area contributed by atoms with E-state index < -0.39 is 28.6 Å². The second-order valence-corrected chi connectivity index (χ2v) is 6.78. The van der Waals surface area contributed by atoms with Crippen molar-refractivity contribution in [2.75, 3.05) is 12.6 Å². The molecule has 0 spiro atoms. The molecular weight excluding hydrogens is 386 g/mol. The Hall–Kier alpha value is -3.46. The van der Waals surface area contributed by atoms with Crippen LogP contribution in [0.3, 0.4) is 0 Å². The minimum absolute atomic E-state index is 0.00467. The number of carboxylic acids is 1. The van der Waals surface area contributed by atoms with Crippen LogP contribution in [0.5, 0.6) is 5.75 Å². The number of ether oxygens (including phenoxy) is 1. The van der Waals surface area contributed by atoms with Gasteiger partial charge in [0, 0.05) is 12.2 Å². The smallest absolute Gasteiger partial charge is 0.341 e. The molecule has 9 heteroatoms. The summed E-state index contributed by atoms with van der Waals surface area (Å²) in [5, 5.41) is 18.1. The van der Waals surface area contributed by atoms with Crippen LogP contribution in [0.4, 0.5) is 14.5 Å². The van der Waals surface area contributed by atoms with Gasteiger partial charge in [-0.15, -0.1) is 0 Å². The summed E-state index contributed by atoms with van der Waals surface area (Å²) in [4.78, 5) is 24.1. The summed E-state index contributed by atoms with van der Waals surface area (Å²) in [5.41, 5.74) is 0.562. The fourth-order valence-electron chi connectivity index (χ4n) is 3.48. The average Bonchev–Trinajstić information content (AvgIpc) is 3.52. The monoisotopic (exact) mass is 402 g/mol. The SMILES string of the molecule is COc1c(-c2ccc(NO)c(F)c2)c(F)cc2c(=O)c(C(=O)O)cn(C3CC3)c12. The molecule has 1 fully saturated rings. The van der Waals surface area contributed by atoms with Crippen LogP contribution < -0.4 is 15.6 Å². The summed E-state index contributed by atoms with van der Waals surface area (Å²) >= 11 is 0. The molecule has 1 aliphatic carbocycles. The predicted molar refractivity (Wildman–Crippen MR) is 101 cm³/mol. The largest absolute Gasteiger partial charge is 0.494 e. The Kier molecular flexibility index (Phi) is 4.46. The molecule has 4 rings (SSSR count). The van der Waals surface area contributed by atoms with E-state index in [-0.39, 0.29) is 39.5 Å². The Labute approximate surface area is 162 Å². The number of benzene rings is 2. The van der Waals surface area contributed by atoms with Crippen LogP contribution >= 0.6 is 0 Å². The molecule has 0 aliphatic heterocycles. The molecule has 3 aromatic rings. The molecule has 7 nitrogen and oxygen atoms in total. The van der Waals surface area contributed by atoms with Crippen molar-refractivity contribution in [2.45, 2.75) is 18.9 Å². The van der Waals surface area contributed by atoms with E-state index in [1.54, 1.807) is 10.0 Å². The van der Waals surface area contributed by atoms with E-state index in [1.807, 2.05) is 0 Å². The molecule has 1 saturated carbocycles. The molecular formula is C20H16F2N2O5. The summed E-state index contributed by atoms with van der Waals surface area (Å²) in [6.07, 6.45) is 2.80. The molecule has 1 aromatic heterocycles. The number of carboxylic acid groups (broad SMARTS) is 1. The summed E-state index contributed by atoms with van der Waals surface area (Å²) in [7, 11) is 1.30. The highest BCUT2D eigenvalue weighted by molar-refractivity contribution is 5.98. The second-order valence-electron chi connectivity index (χ2n) is 6.78. The zero-order valence-corrected chi connectivity index (χ0v) is 15.2. The van der Waals surface area contributed by atoms with Crippen LogP contribution in [0.1, 0.15) is 29.2 Å². The molecule has 0 bridgehead atoms. The van der Waals surface area contributed by atoms with Gasteiger partial charge in [0.1, 0.15) is 17.2 Å². The first-order valence-electron chi connectivity index (χ1n) is 8.76. The first-order chi connectivity index (χ1) is 13.9. The number of nitrogens with zero attached hydrogens (tertiary/aromatic N) is 1. The number of fused-ring (bicyclic) bond motifs is 1. The molecule has 2 aromatic carbocycles. The van der Waals surface area contributed by atoms with E-state index in [4.69, 9.17) is 9.94 Å². The number of hydrogen-bond acceptors (Lipinski definition) is 5. The average molecular weight is 402 g/mol. The van der Waals surface area contributed by atoms with Gasteiger partial charge in [-0.2, -0.15) is 0 Å². The Morgan fingerprint density at radius 2 is 1.97 bits per heavy atom. The maximum Gasteiger partial charge on any atom is 0.341 e. The van der Waals surface area contributed by atoms with Crippen LogP contribution in [0.2, 0.25) is 0 Å². The van der Waals surface area contributed by atoms with E-state index in [0.29, 0.717) is 0 Å². The van der Waals surface area contributed by atoms with Crippen LogP contribution in [0.25, 0.3) is 22.0 Å². The van der Waals surface area contributed by atoms with Crippen molar-refractivity contribution in [1.82, 2.24) is 4.57 Å². The van der Waals surface area contributed by atoms with Crippen LogP contribution in [0, 0.1) is 11.6 Å². The second kappa shape index (κ2) is 6.85. The maximum atomic E-state index is 15.1. The molecule has 3 N–H and O–H groups in total. The lowest BCUT2D eigenvalue weighted by Gasteiger charge is -2.18. The van der Waals surface area contributed by atoms with Crippen molar-refractivity contribution in [3.63, 3.8) is 0 Å². The molecule has 0 amide bonds. The zero-order chi connectivity index (χ0) is 20.9. The van der Waals surface area contributed by atoms with Gasteiger partial charge in [0.15, 0.2) is 5.75 Å². The van der Waals surface area contributed by atoms with E-state index in [1.165, 1.54) is 25.4 Å². The highest BCUT2D eigenvalue weighted by Gasteiger charge is 2.30. The van der Waals surface area contributed by atoms with Crippen molar-refractivity contribution in [1.29, 1.82) is 0 Å². The fourth-order valence-corrected chi connectivity index (χ4v) is 3.48. The van der Waals surface area contributed by atoms with Gasteiger partial charge in [0.05, 0.1) is 29.3 Å². The van der Waals surface area contributed by atoms with Gasteiger partial charge in [-0.05, 0) is 36.6 Å². The zero-order valence-electron chi connectivity index (χ0n) is 15.2. The summed E-state index contributed by atoms with van der Waals surface area (Å²) in [6, 6.07) is 4.56. The Morgan fingerprint density at radius 1 is 1.24 bits per heavy atom. The lowest BCUT2D eigenvalue weighted by atomic mass is 9.99. The third kappa shape index (κ3) is 2.99. The number of aromatic carboxylic acids is 1. The third-order valence-electron chi connectivity index (χ3n) is 4.98. The van der Waals surface area contributed by atoms with Gasteiger partial charge in [0.25, 0.3) is 0 Å². The van der Waals surface area contributed by atoms with Crippen LogP contribution in [-0.4, -0.2) is 28.0 Å². The highest BCUT2D eigenvalue weighted by atomic mass is 19.1. The van der Waals surface area contributed by atoms with E-state index >= 15 is 4.39 Å². The third-order valence-corrected chi connectivity index (χ3v) is 4.98. The van der Waals surface area contributed by atoms with Gasteiger partial charge in [-0.25, -0.2) is 13.6 Å². The van der Waals surface area contributed by atoms with E-state index in [9.17, 15) is 19.1 Å². The lowest BCUT2D eigenvalue weighted by Crippen LogP contribution is -2.19. The minimum Gasteiger partial charge on any atom is -0.494 e. The van der Waals surface area contributed by atoms with Crippen molar-refractivity contribution < 1.29 is 28.6 Å². The molecule has 0 unspecified atom stereocenters. The van der Waals surface area contributed by atoms with Gasteiger partial charge in [-0.1, -0.05) is 6.07 Å². The molecule has 0 saturated heterocycles. The number of hydrogen-bond donors (Lipinski definition) is 3. The summed E-state index contributed by atoms with van der Waals surface area (Å²) in [6.45, 7) is 0. The van der Waals surface area contributed by atoms with Gasteiger partial charge >= 0.3 is 5.97 Å². The number of anilines is 1. The lowest BCUT2D eigenvalue weighted by molar-refractivity contribution is 0.0694. The number of pyridine rings is 1. The molecule has 150 valence electrons. The van der Waals surface area contributed by atoms with Gasteiger partial charge < -0.3 is 14.4 Å². The van der Waals surface area contributed by atoms with Gasteiger partial charge in [0.2, 0.25) is 5.43 Å². The number of carbonyl (C=O) groups is 1. The Bertz CT molecular complexity index is 1220. The number of rotatable bonds is 5. The maximum absolute atomic E-state index is 15.1. The van der Waals surface area contributed by atoms with Crippen LogP contribution in [-0.2, 0) is 0 Å². The summed E-state index contributed by atoms with van der Waals surface area (Å²) < 4.78 is 36.2. The number of methoxy groups -OCH3 is 1. The first kappa shape index (κ1) is 18.9. The van der Waals surface area contributed by atoms with Gasteiger partial charge in [-0.3, -0.25) is 15.5 Å². The van der Waals surface area contributed by atoms with Crippen molar-refractivity contribution in [2.24, 2.45) is 0 Å². The molecule has 1 heterocycles. The number of halogens is 2. The normalized spacial score (nSPS) is 13.5. The van der Waals surface area contributed by atoms with E-state index in [2.05, 4.69) is 0 Å². The molecule has 0 atom stereocenters. The number of aromatic nitrogens is 1. The van der Waals surface area contributed by atoms with Crippen molar-refractivity contribution in [3.05, 3.63) is 57.9 Å².